The Kier molecular flexibility index (Phi) is 7.02. The summed E-state index contributed by atoms with van der Waals surface area (Å²) >= 11 is 9.53. The number of amides is 1. The molecule has 0 saturated heterocycles. The van der Waals surface area contributed by atoms with Gasteiger partial charge in [-0.25, -0.2) is 13.2 Å². The van der Waals surface area contributed by atoms with E-state index in [0.29, 0.717) is 25.5 Å². The number of fused-ring (bicyclic) bond motifs is 1. The molecule has 1 aromatic heterocycles. The molecule has 0 aliphatic heterocycles. The Morgan fingerprint density at radius 2 is 1.74 bits per heavy atom. The van der Waals surface area contributed by atoms with Crippen molar-refractivity contribution >= 4 is 66.1 Å². The van der Waals surface area contributed by atoms with Gasteiger partial charge in [-0.05, 0) is 68.4 Å². The maximum Gasteiger partial charge on any atom is 0.342 e. The average molecular weight is 577 g/mol. The van der Waals surface area contributed by atoms with Gasteiger partial charge in [-0.1, -0.05) is 39.7 Å². The zero-order valence-corrected chi connectivity index (χ0v) is 21.8. The molecule has 1 heterocycles. The van der Waals surface area contributed by atoms with Crippen molar-refractivity contribution in [3.05, 3.63) is 93.1 Å². The maximum atomic E-state index is 13.8. The third-order valence-corrected chi connectivity index (χ3v) is 7.79. The molecule has 0 N–H and O–H groups in total. The number of hydrogen-bond donors (Lipinski definition) is 0. The van der Waals surface area contributed by atoms with E-state index in [4.69, 9.17) is 20.8 Å². The number of ether oxygens (including phenoxy) is 1. The van der Waals surface area contributed by atoms with Crippen LogP contribution in [0.2, 0.25) is 5.02 Å². The van der Waals surface area contributed by atoms with Gasteiger partial charge in [0.15, 0.2) is 0 Å². The summed E-state index contributed by atoms with van der Waals surface area (Å²) in [5.41, 5.74) is 0.524. The number of nitrogens with zero attached hydrogens (tertiary/aromatic N) is 1. The Morgan fingerprint density at radius 1 is 1.06 bits per heavy atom. The van der Waals surface area contributed by atoms with E-state index in [1.807, 2.05) is 0 Å². The normalized spacial score (nSPS) is 11.4. The molecule has 35 heavy (non-hydrogen) atoms. The molecule has 7 nitrogen and oxygen atoms in total. The summed E-state index contributed by atoms with van der Waals surface area (Å²) < 4.78 is 39.7. The molecule has 0 aliphatic rings. The van der Waals surface area contributed by atoms with Crippen molar-refractivity contribution in [3.8, 4) is 0 Å². The van der Waals surface area contributed by atoms with Gasteiger partial charge >= 0.3 is 5.97 Å². The number of rotatable bonds is 6. The number of sulfonamides is 1. The molecule has 0 saturated carbocycles. The van der Waals surface area contributed by atoms with Crippen molar-refractivity contribution in [2.75, 3.05) is 10.9 Å². The number of carbonyl (C=O) groups is 2. The number of hydrogen-bond acceptors (Lipinski definition) is 6. The van der Waals surface area contributed by atoms with Crippen LogP contribution in [0.4, 0.5) is 5.69 Å². The van der Waals surface area contributed by atoms with E-state index < -0.39 is 21.9 Å². The second-order valence-electron chi connectivity index (χ2n) is 7.44. The zero-order valence-electron chi connectivity index (χ0n) is 18.6. The molecule has 0 unspecified atom stereocenters. The fourth-order valence-corrected chi connectivity index (χ4v) is 5.49. The number of furan rings is 1. The minimum atomic E-state index is -4.38. The SMILES string of the molecule is CCOC(=O)c1c(C)oc2ccc(N(C(=O)c3ccccc3Cl)S(=O)(=O)c3ccc(Br)cc3)cc12. The Bertz CT molecular complexity index is 1550. The Morgan fingerprint density at radius 3 is 2.40 bits per heavy atom. The Labute approximate surface area is 215 Å². The molecule has 4 aromatic rings. The standard InChI is InChI=1S/C25H19BrClNO6S/c1-3-33-25(30)23-15(2)34-22-13-10-17(14-20(22)23)28(24(29)19-6-4-5-7-21(19)27)35(31,32)18-11-8-16(26)9-12-18/h4-14H,3H2,1-2H3. The summed E-state index contributed by atoms with van der Waals surface area (Å²) in [6.45, 7) is 3.44. The summed E-state index contributed by atoms with van der Waals surface area (Å²) in [7, 11) is -4.38. The van der Waals surface area contributed by atoms with Gasteiger partial charge in [-0.3, -0.25) is 4.79 Å². The Hall–Kier alpha value is -3.14. The van der Waals surface area contributed by atoms with Gasteiger partial charge in [0.05, 0.1) is 27.8 Å². The fourth-order valence-electron chi connectivity index (χ4n) is 3.61. The van der Waals surface area contributed by atoms with Crippen molar-refractivity contribution in [2.24, 2.45) is 0 Å². The summed E-state index contributed by atoms with van der Waals surface area (Å²) in [4.78, 5) is 26.1. The number of anilines is 1. The van der Waals surface area contributed by atoms with Gasteiger partial charge in [0.2, 0.25) is 0 Å². The van der Waals surface area contributed by atoms with E-state index in [1.54, 1.807) is 38.1 Å². The van der Waals surface area contributed by atoms with E-state index in [0.717, 1.165) is 0 Å². The van der Waals surface area contributed by atoms with Crippen molar-refractivity contribution in [1.82, 2.24) is 0 Å². The first-order valence-electron chi connectivity index (χ1n) is 10.4. The molecule has 0 fully saturated rings. The molecular weight excluding hydrogens is 558 g/mol. The first-order valence-corrected chi connectivity index (χ1v) is 13.1. The minimum absolute atomic E-state index is 0.00365. The quantitative estimate of drug-likeness (QED) is 0.248. The number of esters is 1. The summed E-state index contributed by atoms with van der Waals surface area (Å²) in [5.74, 6) is -1.15. The number of carbonyl (C=O) groups excluding carboxylic acids is 2. The molecule has 180 valence electrons. The van der Waals surface area contributed by atoms with Gasteiger partial charge < -0.3 is 9.15 Å². The highest BCUT2D eigenvalue weighted by Gasteiger charge is 2.34. The first-order chi connectivity index (χ1) is 16.6. The van der Waals surface area contributed by atoms with Crippen LogP contribution in [0.25, 0.3) is 11.0 Å². The lowest BCUT2D eigenvalue weighted by atomic mass is 10.1. The highest BCUT2D eigenvalue weighted by molar-refractivity contribution is 9.10. The molecule has 3 aromatic carbocycles. The molecular formula is C25H19BrClNO6S. The monoisotopic (exact) mass is 575 g/mol. The minimum Gasteiger partial charge on any atom is -0.462 e. The molecule has 10 heteroatoms. The van der Waals surface area contributed by atoms with E-state index in [1.165, 1.54) is 42.5 Å². The van der Waals surface area contributed by atoms with Crippen LogP contribution in [0.5, 0.6) is 0 Å². The highest BCUT2D eigenvalue weighted by Crippen LogP contribution is 2.34. The molecule has 0 bridgehead atoms. The lowest BCUT2D eigenvalue weighted by molar-refractivity contribution is 0.0526. The summed E-state index contributed by atoms with van der Waals surface area (Å²) in [5, 5.41) is 0.419. The number of benzene rings is 3. The molecule has 0 aliphatic carbocycles. The highest BCUT2D eigenvalue weighted by atomic mass is 79.9. The van der Waals surface area contributed by atoms with Crippen molar-refractivity contribution in [2.45, 2.75) is 18.7 Å². The topological polar surface area (TPSA) is 93.9 Å². The molecule has 1 amide bonds. The van der Waals surface area contributed by atoms with Crippen LogP contribution < -0.4 is 4.31 Å². The van der Waals surface area contributed by atoms with Crippen molar-refractivity contribution in [1.29, 1.82) is 0 Å². The van der Waals surface area contributed by atoms with E-state index in [2.05, 4.69) is 15.9 Å². The molecule has 0 atom stereocenters. The number of halogens is 2. The second kappa shape index (κ2) is 9.85. The maximum absolute atomic E-state index is 13.8. The second-order valence-corrected chi connectivity index (χ2v) is 10.6. The van der Waals surface area contributed by atoms with E-state index >= 15 is 0 Å². The molecule has 0 radical (unpaired) electrons. The van der Waals surface area contributed by atoms with Crippen LogP contribution in [0.1, 0.15) is 33.4 Å². The predicted octanol–water partition coefficient (Wildman–Crippen LogP) is 6.37. The van der Waals surface area contributed by atoms with Crippen LogP contribution in [0.15, 0.2) is 80.5 Å². The van der Waals surface area contributed by atoms with Crippen LogP contribution in [-0.2, 0) is 14.8 Å². The Balaban J connectivity index is 1.95. The van der Waals surface area contributed by atoms with Gasteiger partial charge in [0.1, 0.15) is 16.9 Å². The third-order valence-electron chi connectivity index (χ3n) is 5.20. The van der Waals surface area contributed by atoms with Crippen LogP contribution >= 0.6 is 27.5 Å². The van der Waals surface area contributed by atoms with Crippen molar-refractivity contribution < 1.29 is 27.2 Å². The lowest BCUT2D eigenvalue weighted by Crippen LogP contribution is -2.37. The predicted molar refractivity (Wildman–Crippen MR) is 136 cm³/mol. The van der Waals surface area contributed by atoms with Crippen LogP contribution in [-0.4, -0.2) is 26.9 Å². The van der Waals surface area contributed by atoms with E-state index in [9.17, 15) is 18.0 Å². The van der Waals surface area contributed by atoms with Crippen molar-refractivity contribution in [3.63, 3.8) is 0 Å². The number of aryl methyl sites for hydroxylation is 1. The summed E-state index contributed by atoms with van der Waals surface area (Å²) in [6.07, 6.45) is 0. The van der Waals surface area contributed by atoms with Crippen LogP contribution in [0, 0.1) is 6.92 Å². The zero-order chi connectivity index (χ0) is 25.3. The smallest absolute Gasteiger partial charge is 0.342 e. The molecule has 4 rings (SSSR count). The van der Waals surface area contributed by atoms with Crippen LogP contribution in [0.3, 0.4) is 0 Å². The average Bonchev–Trinajstić information content (AvgIpc) is 3.15. The fraction of sp³-hybridized carbons (Fsp3) is 0.120. The lowest BCUT2D eigenvalue weighted by Gasteiger charge is -2.23. The van der Waals surface area contributed by atoms with Gasteiger partial charge in [-0.15, -0.1) is 0 Å². The van der Waals surface area contributed by atoms with Gasteiger partial charge in [0.25, 0.3) is 15.9 Å². The largest absolute Gasteiger partial charge is 0.462 e. The van der Waals surface area contributed by atoms with Gasteiger partial charge in [0, 0.05) is 9.86 Å². The van der Waals surface area contributed by atoms with E-state index in [-0.39, 0.29) is 33.3 Å². The summed E-state index contributed by atoms with van der Waals surface area (Å²) in [6, 6.07) is 16.4. The first kappa shape index (κ1) is 25.0. The third kappa shape index (κ3) is 4.71. The van der Waals surface area contributed by atoms with Gasteiger partial charge in [-0.2, -0.15) is 4.31 Å². The molecule has 0 spiro atoms.